The number of allylic oxidation sites excluding steroid dienone is 2. The van der Waals surface area contributed by atoms with Gasteiger partial charge in [-0.25, -0.2) is 0 Å². The Labute approximate surface area is 146 Å². The van der Waals surface area contributed by atoms with E-state index in [1.165, 1.54) is 0 Å². The van der Waals surface area contributed by atoms with E-state index >= 15 is 0 Å². The lowest BCUT2D eigenvalue weighted by Gasteiger charge is -2.41. The van der Waals surface area contributed by atoms with Crippen molar-refractivity contribution >= 4 is 40.4 Å². The van der Waals surface area contributed by atoms with Crippen LogP contribution in [0.5, 0.6) is 0 Å². The summed E-state index contributed by atoms with van der Waals surface area (Å²) < 4.78 is 0. The number of amidine groups is 1. The van der Waals surface area contributed by atoms with Crippen LogP contribution in [0.2, 0.25) is 10.0 Å². The Balaban J connectivity index is 2.19. The molecule has 122 valence electrons. The van der Waals surface area contributed by atoms with Gasteiger partial charge in [-0.3, -0.25) is 10.2 Å². The van der Waals surface area contributed by atoms with Gasteiger partial charge in [-0.1, -0.05) is 42.6 Å². The fraction of sp³-hybridized carbons (Fsp3) is 0.444. The topological polar surface area (TPSA) is 66.9 Å². The first-order valence-electron chi connectivity index (χ1n) is 7.94. The number of carbonyl (C=O) groups excluding carboxylic acids is 1. The molecule has 5 heteroatoms. The Hall–Kier alpha value is -1.32. The summed E-state index contributed by atoms with van der Waals surface area (Å²) in [4.78, 5) is 12.3. The summed E-state index contributed by atoms with van der Waals surface area (Å²) in [6.07, 6.45) is 5.43. The first kappa shape index (κ1) is 16.5. The number of ketones is 1. The highest BCUT2D eigenvalue weighted by atomic mass is 35.5. The van der Waals surface area contributed by atoms with E-state index in [0.29, 0.717) is 22.9 Å². The number of benzene rings is 1. The smallest absolute Gasteiger partial charge is 0.156 e. The number of fused-ring (bicyclic) bond motifs is 3. The highest BCUT2D eigenvalue weighted by Gasteiger charge is 2.50. The molecule has 3 rings (SSSR count). The van der Waals surface area contributed by atoms with Crippen LogP contribution in [0.4, 0.5) is 0 Å². The predicted molar refractivity (Wildman–Crippen MR) is 95.1 cm³/mol. The third kappa shape index (κ3) is 2.60. The van der Waals surface area contributed by atoms with E-state index in [0.717, 1.165) is 36.0 Å². The van der Waals surface area contributed by atoms with Gasteiger partial charge in [0.1, 0.15) is 0 Å². The summed E-state index contributed by atoms with van der Waals surface area (Å²) in [6, 6.07) is 3.83. The zero-order valence-corrected chi connectivity index (χ0v) is 14.6. The van der Waals surface area contributed by atoms with Gasteiger partial charge in [-0.15, -0.1) is 0 Å². The van der Waals surface area contributed by atoms with Crippen molar-refractivity contribution in [2.45, 2.75) is 39.0 Å². The first-order valence-corrected chi connectivity index (χ1v) is 8.69. The van der Waals surface area contributed by atoms with E-state index in [-0.39, 0.29) is 23.0 Å². The number of carbonyl (C=O) groups is 1. The Kier molecular flexibility index (Phi) is 4.28. The Morgan fingerprint density at radius 1 is 1.43 bits per heavy atom. The molecule has 2 aliphatic rings. The monoisotopic (exact) mass is 350 g/mol. The molecule has 0 radical (unpaired) electrons. The standard InChI is InChI=1S/C18H20Cl2N2O/c1-2-5-18-9-10-3-4-14(19)17(20)16(10)13(18)8-12(23)6-11(18)7-15(21)22/h3-4,8,11H,2,5-7,9H2,1H3,(H3,21,22). The lowest BCUT2D eigenvalue weighted by Crippen LogP contribution is -2.38. The van der Waals surface area contributed by atoms with Crippen LogP contribution in [-0.4, -0.2) is 11.6 Å². The summed E-state index contributed by atoms with van der Waals surface area (Å²) in [5, 5.41) is 8.75. The molecule has 1 aromatic carbocycles. The third-order valence-corrected chi connectivity index (χ3v) is 5.99. The van der Waals surface area contributed by atoms with E-state index in [4.69, 9.17) is 34.3 Å². The number of nitrogens with two attached hydrogens (primary N) is 1. The molecule has 3 nitrogen and oxygen atoms in total. The highest BCUT2D eigenvalue weighted by Crippen LogP contribution is 2.59. The van der Waals surface area contributed by atoms with Gasteiger partial charge in [-0.05, 0) is 42.0 Å². The predicted octanol–water partition coefficient (Wildman–Crippen LogP) is 4.63. The minimum absolute atomic E-state index is 0.0506. The Bertz CT molecular complexity index is 726. The van der Waals surface area contributed by atoms with Crippen molar-refractivity contribution in [2.75, 3.05) is 0 Å². The van der Waals surface area contributed by atoms with Crippen LogP contribution in [0, 0.1) is 16.7 Å². The molecule has 2 aliphatic carbocycles. The molecule has 0 spiro atoms. The summed E-state index contributed by atoms with van der Waals surface area (Å²) in [5.41, 5.74) is 8.58. The van der Waals surface area contributed by atoms with Crippen LogP contribution in [0.1, 0.15) is 43.7 Å². The minimum atomic E-state index is -0.162. The largest absolute Gasteiger partial charge is 0.388 e. The van der Waals surface area contributed by atoms with E-state index in [2.05, 4.69) is 6.92 Å². The van der Waals surface area contributed by atoms with Crippen LogP contribution in [0.25, 0.3) is 5.57 Å². The Morgan fingerprint density at radius 3 is 2.83 bits per heavy atom. The van der Waals surface area contributed by atoms with Crippen LogP contribution >= 0.6 is 23.2 Å². The van der Waals surface area contributed by atoms with Gasteiger partial charge in [0.25, 0.3) is 0 Å². The molecule has 0 aromatic heterocycles. The van der Waals surface area contributed by atoms with Gasteiger partial charge < -0.3 is 5.73 Å². The summed E-state index contributed by atoms with van der Waals surface area (Å²) in [6.45, 7) is 2.14. The molecule has 0 saturated carbocycles. The molecule has 3 N–H and O–H groups in total. The highest BCUT2D eigenvalue weighted by molar-refractivity contribution is 6.43. The van der Waals surface area contributed by atoms with E-state index in [1.54, 1.807) is 6.08 Å². The van der Waals surface area contributed by atoms with Gasteiger partial charge in [0.05, 0.1) is 15.9 Å². The van der Waals surface area contributed by atoms with Gasteiger partial charge in [-0.2, -0.15) is 0 Å². The summed E-state index contributed by atoms with van der Waals surface area (Å²) in [7, 11) is 0. The molecule has 2 unspecified atom stereocenters. The fourth-order valence-corrected chi connectivity index (χ4v) is 4.80. The molecule has 0 amide bonds. The maximum absolute atomic E-state index is 12.3. The second-order valence-electron chi connectivity index (χ2n) is 6.63. The van der Waals surface area contributed by atoms with Crippen molar-refractivity contribution in [3.05, 3.63) is 39.4 Å². The maximum Gasteiger partial charge on any atom is 0.156 e. The molecule has 0 bridgehead atoms. The lowest BCUT2D eigenvalue weighted by molar-refractivity contribution is -0.116. The Morgan fingerprint density at radius 2 is 2.17 bits per heavy atom. The molecule has 1 aromatic rings. The summed E-state index contributed by atoms with van der Waals surface area (Å²) in [5.74, 6) is 0.274. The lowest BCUT2D eigenvalue weighted by atomic mass is 9.61. The minimum Gasteiger partial charge on any atom is -0.388 e. The molecule has 0 aliphatic heterocycles. The van der Waals surface area contributed by atoms with Gasteiger partial charge >= 0.3 is 0 Å². The van der Waals surface area contributed by atoms with Crippen molar-refractivity contribution < 1.29 is 4.79 Å². The first-order chi connectivity index (χ1) is 10.9. The molecule has 2 atom stereocenters. The van der Waals surface area contributed by atoms with Crippen LogP contribution < -0.4 is 5.73 Å². The number of rotatable bonds is 4. The molecule has 0 saturated heterocycles. The molecule has 0 heterocycles. The zero-order chi connectivity index (χ0) is 16.8. The number of hydrogen-bond donors (Lipinski definition) is 2. The van der Waals surface area contributed by atoms with Crippen LogP contribution in [0.15, 0.2) is 18.2 Å². The third-order valence-electron chi connectivity index (χ3n) is 5.19. The summed E-state index contributed by atoms with van der Waals surface area (Å²) >= 11 is 12.7. The van der Waals surface area contributed by atoms with Gasteiger partial charge in [0.2, 0.25) is 0 Å². The van der Waals surface area contributed by atoms with Crippen molar-refractivity contribution in [3.63, 3.8) is 0 Å². The zero-order valence-electron chi connectivity index (χ0n) is 13.1. The van der Waals surface area contributed by atoms with E-state index < -0.39 is 0 Å². The quantitative estimate of drug-likeness (QED) is 0.613. The van der Waals surface area contributed by atoms with Crippen molar-refractivity contribution in [3.8, 4) is 0 Å². The maximum atomic E-state index is 12.3. The second-order valence-corrected chi connectivity index (χ2v) is 7.42. The number of halogens is 2. The average molecular weight is 351 g/mol. The van der Waals surface area contributed by atoms with Crippen LogP contribution in [0.3, 0.4) is 0 Å². The second kappa shape index (κ2) is 5.95. The average Bonchev–Trinajstić information content (AvgIpc) is 2.78. The molecular weight excluding hydrogens is 331 g/mol. The van der Waals surface area contributed by atoms with Crippen molar-refractivity contribution in [2.24, 2.45) is 17.1 Å². The normalized spacial score (nSPS) is 25.8. The number of nitrogens with one attached hydrogen (secondary N) is 1. The van der Waals surface area contributed by atoms with E-state index in [1.807, 2.05) is 12.1 Å². The van der Waals surface area contributed by atoms with Gasteiger partial charge in [0, 0.05) is 23.8 Å². The molecular formula is C18H20Cl2N2O. The molecule has 0 fully saturated rings. The SMILES string of the molecule is CCCC12Cc3ccc(Cl)c(Cl)c3C1=CC(=O)CC2CC(=N)N. The van der Waals surface area contributed by atoms with E-state index in [9.17, 15) is 4.79 Å². The van der Waals surface area contributed by atoms with Crippen molar-refractivity contribution in [1.82, 2.24) is 0 Å². The van der Waals surface area contributed by atoms with Crippen molar-refractivity contribution in [1.29, 1.82) is 5.41 Å². The fourth-order valence-electron chi connectivity index (χ4n) is 4.36. The van der Waals surface area contributed by atoms with Gasteiger partial charge in [0.15, 0.2) is 5.78 Å². The van der Waals surface area contributed by atoms with Crippen LogP contribution in [-0.2, 0) is 11.2 Å². The molecule has 23 heavy (non-hydrogen) atoms. The number of hydrogen-bond acceptors (Lipinski definition) is 2.